The van der Waals surface area contributed by atoms with Gasteiger partial charge in [0.1, 0.15) is 12.7 Å². The van der Waals surface area contributed by atoms with Crippen LogP contribution in [0.5, 0.6) is 0 Å². The van der Waals surface area contributed by atoms with Crippen LogP contribution in [0.15, 0.2) is 54.4 Å². The number of hydrogen-bond acceptors (Lipinski definition) is 4. The van der Waals surface area contributed by atoms with E-state index in [-0.39, 0.29) is 5.91 Å². The quantitative estimate of drug-likeness (QED) is 0.760. The average Bonchev–Trinajstić information content (AvgIpc) is 3.21. The van der Waals surface area contributed by atoms with Crippen molar-refractivity contribution in [3.63, 3.8) is 0 Å². The van der Waals surface area contributed by atoms with E-state index in [2.05, 4.69) is 21.5 Å². The fourth-order valence-corrected chi connectivity index (χ4v) is 2.83. The van der Waals surface area contributed by atoms with Gasteiger partial charge in [-0.2, -0.15) is 5.10 Å². The summed E-state index contributed by atoms with van der Waals surface area (Å²) in [4.78, 5) is 17.3. The number of amides is 1. The van der Waals surface area contributed by atoms with Gasteiger partial charge in [-0.3, -0.25) is 4.79 Å². The molecule has 3 rings (SSSR count). The van der Waals surface area contributed by atoms with E-state index >= 15 is 0 Å². The smallest absolute Gasteiger partial charge is 0.251 e. The van der Waals surface area contributed by atoms with Crippen molar-refractivity contribution in [2.24, 2.45) is 0 Å². The molecule has 6 heteroatoms. The molecule has 3 aromatic rings. The Bertz CT molecular complexity index is 705. The summed E-state index contributed by atoms with van der Waals surface area (Å²) < 4.78 is 1.75. The molecule has 0 unspecified atom stereocenters. The van der Waals surface area contributed by atoms with Gasteiger partial charge in [0.05, 0.1) is 6.54 Å². The van der Waals surface area contributed by atoms with Crippen molar-refractivity contribution in [2.75, 3.05) is 6.54 Å². The lowest BCUT2D eigenvalue weighted by molar-refractivity contribution is 0.0954. The third kappa shape index (κ3) is 3.79. The van der Waals surface area contributed by atoms with E-state index in [0.717, 1.165) is 12.0 Å². The maximum Gasteiger partial charge on any atom is 0.251 e. The second kappa shape index (κ2) is 7.00. The SMILES string of the molecule is O=C(NCCc1cccs1)c1ccc(Cn2cncn2)cc1. The van der Waals surface area contributed by atoms with Gasteiger partial charge >= 0.3 is 0 Å². The van der Waals surface area contributed by atoms with Crippen LogP contribution in [0.3, 0.4) is 0 Å². The van der Waals surface area contributed by atoms with E-state index in [1.54, 1.807) is 22.3 Å². The van der Waals surface area contributed by atoms with Crippen LogP contribution < -0.4 is 5.32 Å². The van der Waals surface area contributed by atoms with Gasteiger partial charge < -0.3 is 5.32 Å². The molecule has 0 aliphatic carbocycles. The molecule has 0 aliphatic rings. The molecule has 0 aliphatic heterocycles. The summed E-state index contributed by atoms with van der Waals surface area (Å²) in [6.07, 6.45) is 4.05. The summed E-state index contributed by atoms with van der Waals surface area (Å²) >= 11 is 1.71. The monoisotopic (exact) mass is 312 g/mol. The van der Waals surface area contributed by atoms with Crippen LogP contribution in [0.4, 0.5) is 0 Å². The van der Waals surface area contributed by atoms with Crippen LogP contribution in [0, 0.1) is 0 Å². The molecule has 0 saturated carbocycles. The highest BCUT2D eigenvalue weighted by molar-refractivity contribution is 7.09. The Morgan fingerprint density at radius 1 is 1.23 bits per heavy atom. The topological polar surface area (TPSA) is 59.8 Å². The maximum absolute atomic E-state index is 12.1. The summed E-state index contributed by atoms with van der Waals surface area (Å²) in [5, 5.41) is 9.05. The lowest BCUT2D eigenvalue weighted by Crippen LogP contribution is -2.25. The van der Waals surface area contributed by atoms with Crippen LogP contribution >= 0.6 is 11.3 Å². The largest absolute Gasteiger partial charge is 0.352 e. The van der Waals surface area contributed by atoms with Crippen molar-refractivity contribution in [1.82, 2.24) is 20.1 Å². The van der Waals surface area contributed by atoms with E-state index in [0.29, 0.717) is 18.7 Å². The van der Waals surface area contributed by atoms with Crippen molar-refractivity contribution < 1.29 is 4.79 Å². The van der Waals surface area contributed by atoms with Crippen molar-refractivity contribution >= 4 is 17.2 Å². The third-order valence-corrected chi connectivity index (χ3v) is 4.20. The number of rotatable bonds is 6. The summed E-state index contributed by atoms with van der Waals surface area (Å²) in [6, 6.07) is 11.7. The number of aromatic nitrogens is 3. The Morgan fingerprint density at radius 3 is 2.77 bits per heavy atom. The number of nitrogens with one attached hydrogen (secondary N) is 1. The van der Waals surface area contributed by atoms with Gasteiger partial charge in [-0.05, 0) is 35.6 Å². The highest BCUT2D eigenvalue weighted by atomic mass is 32.1. The van der Waals surface area contributed by atoms with Gasteiger partial charge in [-0.15, -0.1) is 11.3 Å². The van der Waals surface area contributed by atoms with Crippen LogP contribution in [0.25, 0.3) is 0 Å². The molecule has 0 radical (unpaired) electrons. The number of carbonyl (C=O) groups is 1. The van der Waals surface area contributed by atoms with Gasteiger partial charge in [-0.25, -0.2) is 9.67 Å². The van der Waals surface area contributed by atoms with Crippen LogP contribution in [0.2, 0.25) is 0 Å². The molecule has 0 atom stereocenters. The van der Waals surface area contributed by atoms with Crippen molar-refractivity contribution in [3.05, 3.63) is 70.4 Å². The first-order valence-corrected chi connectivity index (χ1v) is 7.91. The highest BCUT2D eigenvalue weighted by Crippen LogP contribution is 2.09. The first-order chi connectivity index (χ1) is 10.8. The number of benzene rings is 1. The number of thiophene rings is 1. The van der Waals surface area contributed by atoms with Gasteiger partial charge in [0.2, 0.25) is 0 Å². The molecule has 0 fully saturated rings. The molecule has 0 saturated heterocycles. The number of hydrogen-bond donors (Lipinski definition) is 1. The first-order valence-electron chi connectivity index (χ1n) is 7.03. The van der Waals surface area contributed by atoms with E-state index in [9.17, 15) is 4.79 Å². The van der Waals surface area contributed by atoms with Gasteiger partial charge in [-0.1, -0.05) is 18.2 Å². The van der Waals surface area contributed by atoms with E-state index in [1.165, 1.54) is 11.2 Å². The summed E-state index contributed by atoms with van der Waals surface area (Å²) in [7, 11) is 0. The highest BCUT2D eigenvalue weighted by Gasteiger charge is 2.05. The normalized spacial score (nSPS) is 10.5. The minimum atomic E-state index is -0.0381. The molecule has 5 nitrogen and oxygen atoms in total. The zero-order valence-electron chi connectivity index (χ0n) is 12.0. The zero-order valence-corrected chi connectivity index (χ0v) is 12.8. The fourth-order valence-electron chi connectivity index (χ4n) is 2.12. The number of carbonyl (C=O) groups excluding carboxylic acids is 1. The fraction of sp³-hybridized carbons (Fsp3) is 0.188. The van der Waals surface area contributed by atoms with Gasteiger partial charge in [0.15, 0.2) is 0 Å². The summed E-state index contributed by atoms with van der Waals surface area (Å²) in [6.45, 7) is 1.31. The van der Waals surface area contributed by atoms with Crippen molar-refractivity contribution in [1.29, 1.82) is 0 Å². The van der Waals surface area contributed by atoms with Crippen molar-refractivity contribution in [3.8, 4) is 0 Å². The molecular weight excluding hydrogens is 296 g/mol. The average molecular weight is 312 g/mol. The Balaban J connectivity index is 1.52. The third-order valence-electron chi connectivity index (χ3n) is 3.26. The molecule has 0 spiro atoms. The molecule has 1 N–H and O–H groups in total. The van der Waals surface area contributed by atoms with Crippen molar-refractivity contribution in [2.45, 2.75) is 13.0 Å². The zero-order chi connectivity index (χ0) is 15.2. The summed E-state index contributed by atoms with van der Waals surface area (Å²) in [5.41, 5.74) is 1.76. The van der Waals surface area contributed by atoms with Crippen LogP contribution in [0.1, 0.15) is 20.8 Å². The Morgan fingerprint density at radius 2 is 2.09 bits per heavy atom. The van der Waals surface area contributed by atoms with E-state index in [4.69, 9.17) is 0 Å². The molecule has 112 valence electrons. The molecule has 1 amide bonds. The first kappa shape index (κ1) is 14.5. The molecule has 2 heterocycles. The predicted octanol–water partition coefficient (Wildman–Crippen LogP) is 2.36. The Kier molecular flexibility index (Phi) is 4.60. The second-order valence-corrected chi connectivity index (χ2v) is 5.91. The number of nitrogens with zero attached hydrogens (tertiary/aromatic N) is 3. The second-order valence-electron chi connectivity index (χ2n) is 4.88. The van der Waals surface area contributed by atoms with Crippen LogP contribution in [-0.2, 0) is 13.0 Å². The predicted molar refractivity (Wildman–Crippen MR) is 85.9 cm³/mol. The molecular formula is C16H16N4OS. The van der Waals surface area contributed by atoms with Gasteiger partial charge in [0, 0.05) is 17.0 Å². The minimum Gasteiger partial charge on any atom is -0.352 e. The summed E-state index contributed by atoms with van der Waals surface area (Å²) in [5.74, 6) is -0.0381. The maximum atomic E-state index is 12.1. The van der Waals surface area contributed by atoms with E-state index < -0.39 is 0 Å². The minimum absolute atomic E-state index is 0.0381. The molecule has 0 bridgehead atoms. The lowest BCUT2D eigenvalue weighted by atomic mass is 10.1. The molecule has 22 heavy (non-hydrogen) atoms. The molecule has 1 aromatic carbocycles. The van der Waals surface area contributed by atoms with Gasteiger partial charge in [0.25, 0.3) is 5.91 Å². The Hall–Kier alpha value is -2.47. The van der Waals surface area contributed by atoms with Crippen LogP contribution in [-0.4, -0.2) is 27.2 Å². The standard InChI is InChI=1S/C16H16N4OS/c21-16(18-8-7-15-2-1-9-22-15)14-5-3-13(4-6-14)10-20-12-17-11-19-20/h1-6,9,11-12H,7-8,10H2,(H,18,21). The molecule has 2 aromatic heterocycles. The lowest BCUT2D eigenvalue weighted by Gasteiger charge is -2.06. The Labute approximate surface area is 132 Å². The van der Waals surface area contributed by atoms with E-state index in [1.807, 2.05) is 35.7 Å².